The first-order valence-corrected chi connectivity index (χ1v) is 10.9. The first-order chi connectivity index (χ1) is 14.1. The predicted molar refractivity (Wildman–Crippen MR) is 117 cm³/mol. The minimum Gasteiger partial charge on any atom is -0.323 e. The summed E-state index contributed by atoms with van der Waals surface area (Å²) in [7, 11) is 0. The van der Waals surface area contributed by atoms with Crippen LogP contribution in [0.15, 0.2) is 48.8 Å². The molecule has 3 heterocycles. The van der Waals surface area contributed by atoms with Crippen LogP contribution >= 0.6 is 0 Å². The van der Waals surface area contributed by atoms with E-state index >= 15 is 0 Å². The number of hydrogen-bond donors (Lipinski definition) is 1. The monoisotopic (exact) mass is 392 g/mol. The molecule has 1 N–H and O–H groups in total. The molecule has 154 valence electrons. The van der Waals surface area contributed by atoms with Crippen LogP contribution < -0.4 is 5.32 Å². The SMILES string of the molecule is CC(C)CN1CCC(c2ccc(NC(=O)N3CC(c4cccnc4)C3)cc2)CC1. The van der Waals surface area contributed by atoms with Crippen molar-refractivity contribution in [2.24, 2.45) is 5.92 Å². The van der Waals surface area contributed by atoms with Crippen LogP contribution in [-0.4, -0.2) is 53.5 Å². The van der Waals surface area contributed by atoms with Crippen molar-refractivity contribution < 1.29 is 4.79 Å². The molecular formula is C24H32N4O. The molecule has 0 bridgehead atoms. The normalized spacial score (nSPS) is 18.7. The van der Waals surface area contributed by atoms with Gasteiger partial charge in [-0.25, -0.2) is 4.79 Å². The Balaban J connectivity index is 1.24. The molecule has 2 amide bonds. The molecule has 0 saturated carbocycles. The van der Waals surface area contributed by atoms with Crippen molar-refractivity contribution >= 4 is 11.7 Å². The van der Waals surface area contributed by atoms with Gasteiger partial charge in [-0.1, -0.05) is 32.0 Å². The summed E-state index contributed by atoms with van der Waals surface area (Å²) in [5.41, 5.74) is 3.48. The molecule has 2 saturated heterocycles. The Hall–Kier alpha value is -2.40. The molecule has 1 aromatic heterocycles. The minimum absolute atomic E-state index is 0.0140. The fraction of sp³-hybridized carbons (Fsp3) is 0.500. The molecule has 0 unspecified atom stereocenters. The van der Waals surface area contributed by atoms with Crippen LogP contribution in [0.5, 0.6) is 0 Å². The molecule has 0 aliphatic carbocycles. The average molecular weight is 393 g/mol. The summed E-state index contributed by atoms with van der Waals surface area (Å²) in [6.45, 7) is 9.67. The second-order valence-corrected chi connectivity index (χ2v) is 8.91. The summed E-state index contributed by atoms with van der Waals surface area (Å²) < 4.78 is 0. The lowest BCUT2D eigenvalue weighted by molar-refractivity contribution is 0.164. The third-order valence-corrected chi connectivity index (χ3v) is 6.17. The molecule has 5 nitrogen and oxygen atoms in total. The van der Waals surface area contributed by atoms with Crippen LogP contribution in [-0.2, 0) is 0 Å². The van der Waals surface area contributed by atoms with Crippen molar-refractivity contribution in [2.45, 2.75) is 38.5 Å². The molecule has 4 rings (SSSR count). The van der Waals surface area contributed by atoms with E-state index < -0.39 is 0 Å². The summed E-state index contributed by atoms with van der Waals surface area (Å²) in [4.78, 5) is 21.1. The van der Waals surface area contributed by atoms with Crippen molar-refractivity contribution in [3.63, 3.8) is 0 Å². The highest BCUT2D eigenvalue weighted by Crippen LogP contribution is 2.30. The Morgan fingerprint density at radius 2 is 1.79 bits per heavy atom. The Bertz CT molecular complexity index is 791. The van der Waals surface area contributed by atoms with Crippen molar-refractivity contribution in [3.8, 4) is 0 Å². The summed E-state index contributed by atoms with van der Waals surface area (Å²) in [6, 6.07) is 12.5. The lowest BCUT2D eigenvalue weighted by Crippen LogP contribution is -2.50. The van der Waals surface area contributed by atoms with Crippen molar-refractivity contribution in [1.82, 2.24) is 14.8 Å². The summed E-state index contributed by atoms with van der Waals surface area (Å²) in [5.74, 6) is 1.78. The van der Waals surface area contributed by atoms with Gasteiger partial charge >= 0.3 is 6.03 Å². The predicted octanol–water partition coefficient (Wildman–Crippen LogP) is 4.55. The number of benzene rings is 1. The molecular weight excluding hydrogens is 360 g/mol. The number of amides is 2. The van der Waals surface area contributed by atoms with Crippen LogP contribution in [0.2, 0.25) is 0 Å². The first-order valence-electron chi connectivity index (χ1n) is 10.9. The fourth-order valence-electron chi connectivity index (χ4n) is 4.48. The summed E-state index contributed by atoms with van der Waals surface area (Å²) in [6.07, 6.45) is 6.13. The molecule has 0 radical (unpaired) electrons. The van der Waals surface area contributed by atoms with E-state index in [1.165, 1.54) is 43.6 Å². The maximum atomic E-state index is 12.5. The maximum absolute atomic E-state index is 12.5. The largest absolute Gasteiger partial charge is 0.323 e. The Morgan fingerprint density at radius 1 is 1.07 bits per heavy atom. The maximum Gasteiger partial charge on any atom is 0.321 e. The molecule has 2 aliphatic rings. The lowest BCUT2D eigenvalue weighted by Gasteiger charge is -2.39. The fourth-order valence-corrected chi connectivity index (χ4v) is 4.48. The van der Waals surface area contributed by atoms with E-state index in [0.717, 1.165) is 24.7 Å². The van der Waals surface area contributed by atoms with Crippen molar-refractivity contribution in [2.75, 3.05) is 38.0 Å². The van der Waals surface area contributed by atoms with E-state index in [0.29, 0.717) is 11.8 Å². The van der Waals surface area contributed by atoms with E-state index in [-0.39, 0.29) is 6.03 Å². The average Bonchev–Trinajstić information content (AvgIpc) is 2.68. The van der Waals surface area contributed by atoms with Gasteiger partial charge in [0.25, 0.3) is 0 Å². The molecule has 0 atom stereocenters. The standard InChI is InChI=1S/C24H32N4O/c1-18(2)15-27-12-9-20(10-13-27)19-5-7-23(8-6-19)26-24(29)28-16-22(17-28)21-4-3-11-25-14-21/h3-8,11,14,18,20,22H,9-10,12-13,15-17H2,1-2H3,(H,26,29). The number of anilines is 1. The highest BCUT2D eigenvalue weighted by molar-refractivity contribution is 5.90. The Labute approximate surface area is 174 Å². The third kappa shape index (κ3) is 4.96. The van der Waals surface area contributed by atoms with Crippen LogP contribution in [0.1, 0.15) is 49.7 Å². The second kappa shape index (κ2) is 8.95. The number of carbonyl (C=O) groups is 1. The van der Waals surface area contributed by atoms with E-state index in [1.54, 1.807) is 6.20 Å². The number of hydrogen-bond acceptors (Lipinski definition) is 3. The van der Waals surface area contributed by atoms with Crippen LogP contribution in [0, 0.1) is 5.92 Å². The van der Waals surface area contributed by atoms with Crippen molar-refractivity contribution in [3.05, 3.63) is 59.9 Å². The van der Waals surface area contributed by atoms with Gasteiger partial charge < -0.3 is 15.1 Å². The van der Waals surface area contributed by atoms with Gasteiger partial charge in [-0.3, -0.25) is 4.98 Å². The number of rotatable bonds is 5. The highest BCUT2D eigenvalue weighted by atomic mass is 16.2. The lowest BCUT2D eigenvalue weighted by atomic mass is 9.89. The number of pyridine rings is 1. The number of aromatic nitrogens is 1. The summed E-state index contributed by atoms with van der Waals surface area (Å²) >= 11 is 0. The zero-order valence-electron chi connectivity index (χ0n) is 17.6. The molecule has 2 aliphatic heterocycles. The molecule has 2 aromatic rings. The highest BCUT2D eigenvalue weighted by Gasteiger charge is 2.31. The van der Waals surface area contributed by atoms with Crippen molar-refractivity contribution in [1.29, 1.82) is 0 Å². The van der Waals surface area contributed by atoms with E-state index in [4.69, 9.17) is 0 Å². The quantitative estimate of drug-likeness (QED) is 0.812. The number of likely N-dealkylation sites (tertiary alicyclic amines) is 2. The molecule has 1 aromatic carbocycles. The second-order valence-electron chi connectivity index (χ2n) is 8.91. The number of nitrogens with one attached hydrogen (secondary N) is 1. The van der Waals surface area contributed by atoms with Gasteiger partial charge in [-0.05, 0) is 67.1 Å². The number of carbonyl (C=O) groups excluding carboxylic acids is 1. The summed E-state index contributed by atoms with van der Waals surface area (Å²) in [5, 5.41) is 3.04. The van der Waals surface area contributed by atoms with Gasteiger partial charge in [0.05, 0.1) is 0 Å². The zero-order chi connectivity index (χ0) is 20.2. The third-order valence-electron chi connectivity index (χ3n) is 6.17. The minimum atomic E-state index is -0.0140. The van der Waals surface area contributed by atoms with Gasteiger partial charge in [0.1, 0.15) is 0 Å². The molecule has 2 fully saturated rings. The number of nitrogens with zero attached hydrogens (tertiary/aromatic N) is 3. The number of urea groups is 1. The van der Waals surface area contributed by atoms with Gasteiger partial charge in [0, 0.05) is 43.6 Å². The Kier molecular flexibility index (Phi) is 6.14. The van der Waals surface area contributed by atoms with Gasteiger partial charge in [-0.2, -0.15) is 0 Å². The molecule has 29 heavy (non-hydrogen) atoms. The molecule has 0 spiro atoms. The van der Waals surface area contributed by atoms with E-state index in [9.17, 15) is 4.79 Å². The first kappa shape index (κ1) is 19.9. The van der Waals surface area contributed by atoms with E-state index in [1.807, 2.05) is 29.3 Å². The Morgan fingerprint density at radius 3 is 2.41 bits per heavy atom. The van der Waals surface area contributed by atoms with E-state index in [2.05, 4.69) is 47.2 Å². The van der Waals surface area contributed by atoms with Gasteiger partial charge in [-0.15, -0.1) is 0 Å². The van der Waals surface area contributed by atoms with Crippen LogP contribution in [0.3, 0.4) is 0 Å². The van der Waals surface area contributed by atoms with Gasteiger partial charge in [0.15, 0.2) is 0 Å². The van der Waals surface area contributed by atoms with Gasteiger partial charge in [0.2, 0.25) is 0 Å². The smallest absolute Gasteiger partial charge is 0.321 e. The number of piperidine rings is 1. The zero-order valence-corrected chi connectivity index (χ0v) is 17.6. The topological polar surface area (TPSA) is 48.5 Å². The van der Waals surface area contributed by atoms with Crippen LogP contribution in [0.4, 0.5) is 10.5 Å². The molecule has 5 heteroatoms. The van der Waals surface area contributed by atoms with Crippen LogP contribution in [0.25, 0.3) is 0 Å².